The van der Waals surface area contributed by atoms with Gasteiger partial charge < -0.3 is 4.74 Å². The first-order chi connectivity index (χ1) is 8.88. The highest BCUT2D eigenvalue weighted by Crippen LogP contribution is 2.16. The first kappa shape index (κ1) is 14.6. The van der Waals surface area contributed by atoms with Crippen molar-refractivity contribution < 1.29 is 4.74 Å². The lowest BCUT2D eigenvalue weighted by atomic mass is 10.1. The number of rotatable bonds is 4. The molecule has 0 unspecified atom stereocenters. The van der Waals surface area contributed by atoms with Gasteiger partial charge in [0.2, 0.25) is 0 Å². The van der Waals surface area contributed by atoms with Crippen LogP contribution in [0.4, 0.5) is 0 Å². The van der Waals surface area contributed by atoms with Crippen LogP contribution < -0.4 is 4.74 Å². The summed E-state index contributed by atoms with van der Waals surface area (Å²) in [6, 6.07) is 8.32. The molecule has 0 spiro atoms. The maximum absolute atomic E-state index is 5.77. The van der Waals surface area contributed by atoms with E-state index in [1.165, 1.54) is 11.1 Å². The molecular weight excluding hydrogens is 220 g/mol. The molecule has 1 aliphatic rings. The van der Waals surface area contributed by atoms with Crippen molar-refractivity contribution in [3.63, 3.8) is 0 Å². The molecular formula is C17H24O. The van der Waals surface area contributed by atoms with Gasteiger partial charge in [0.05, 0.1) is 0 Å². The third-order valence-corrected chi connectivity index (χ3v) is 2.78. The molecule has 0 saturated heterocycles. The Bertz CT molecular complexity index is 402. The molecule has 1 heteroatoms. The van der Waals surface area contributed by atoms with Gasteiger partial charge in [0.1, 0.15) is 12.4 Å². The first-order valence-corrected chi connectivity index (χ1v) is 6.96. The second kappa shape index (κ2) is 8.57. The molecule has 0 heterocycles. The van der Waals surface area contributed by atoms with Gasteiger partial charge in [0.25, 0.3) is 0 Å². The molecule has 98 valence electrons. The smallest absolute Gasteiger partial charge is 0.120 e. The molecule has 0 aromatic heterocycles. The third kappa shape index (κ3) is 4.79. The number of benzene rings is 1. The molecule has 0 radical (unpaired) electrons. The van der Waals surface area contributed by atoms with Crippen molar-refractivity contribution >= 4 is 0 Å². The lowest BCUT2D eigenvalue weighted by molar-refractivity contribution is 0.354. The molecule has 18 heavy (non-hydrogen) atoms. The van der Waals surface area contributed by atoms with Crippen LogP contribution in [0.15, 0.2) is 48.1 Å². The van der Waals surface area contributed by atoms with Crippen molar-refractivity contribution in [2.75, 3.05) is 6.61 Å². The summed E-state index contributed by atoms with van der Waals surface area (Å²) in [5.41, 5.74) is 2.61. The van der Waals surface area contributed by atoms with Gasteiger partial charge >= 0.3 is 0 Å². The second-order valence-electron chi connectivity index (χ2n) is 4.05. The summed E-state index contributed by atoms with van der Waals surface area (Å²) in [4.78, 5) is 0. The SMILES string of the molecule is CC.CCc1cccc(OCC2=CCCC=C2)c1. The van der Waals surface area contributed by atoms with Gasteiger partial charge in [-0.2, -0.15) is 0 Å². The summed E-state index contributed by atoms with van der Waals surface area (Å²) < 4.78 is 5.77. The van der Waals surface area contributed by atoms with Crippen LogP contribution in [0.1, 0.15) is 39.2 Å². The van der Waals surface area contributed by atoms with Crippen molar-refractivity contribution in [3.05, 3.63) is 53.6 Å². The Labute approximate surface area is 111 Å². The standard InChI is InChI=1S/C15H18O.C2H6/c1-2-13-9-6-10-15(11-13)16-12-14-7-4-3-5-8-14;1-2/h4,6-11H,2-3,5,12H2,1H3;1-2H3. The van der Waals surface area contributed by atoms with Crippen LogP contribution in [-0.4, -0.2) is 6.61 Å². The number of ether oxygens (including phenoxy) is 1. The minimum atomic E-state index is 0.684. The Morgan fingerprint density at radius 1 is 1.17 bits per heavy atom. The molecule has 0 saturated carbocycles. The third-order valence-electron chi connectivity index (χ3n) is 2.78. The maximum Gasteiger partial charge on any atom is 0.120 e. The van der Waals surface area contributed by atoms with Gasteiger partial charge in [0.15, 0.2) is 0 Å². The molecule has 1 aromatic rings. The molecule has 0 fully saturated rings. The van der Waals surface area contributed by atoms with Crippen molar-refractivity contribution in [3.8, 4) is 5.75 Å². The fraction of sp³-hybridized carbons (Fsp3) is 0.412. The molecule has 1 nitrogen and oxygen atoms in total. The zero-order chi connectivity index (χ0) is 13.2. The first-order valence-electron chi connectivity index (χ1n) is 6.96. The van der Waals surface area contributed by atoms with E-state index < -0.39 is 0 Å². The molecule has 0 amide bonds. The Morgan fingerprint density at radius 2 is 2.00 bits per heavy atom. The van der Waals surface area contributed by atoms with Crippen LogP contribution in [0.2, 0.25) is 0 Å². The van der Waals surface area contributed by atoms with Crippen molar-refractivity contribution in [1.82, 2.24) is 0 Å². The zero-order valence-electron chi connectivity index (χ0n) is 11.8. The molecule has 0 N–H and O–H groups in total. The van der Waals surface area contributed by atoms with Gasteiger partial charge in [-0.05, 0) is 42.5 Å². The zero-order valence-corrected chi connectivity index (χ0v) is 11.8. The van der Waals surface area contributed by atoms with E-state index in [9.17, 15) is 0 Å². The largest absolute Gasteiger partial charge is 0.489 e. The topological polar surface area (TPSA) is 9.23 Å². The molecule has 2 rings (SSSR count). The number of aryl methyl sites for hydroxylation is 1. The Kier molecular flexibility index (Phi) is 6.93. The van der Waals surface area contributed by atoms with Crippen molar-refractivity contribution in [1.29, 1.82) is 0 Å². The summed E-state index contributed by atoms with van der Waals surface area (Å²) in [5.74, 6) is 0.972. The van der Waals surface area contributed by atoms with E-state index in [1.54, 1.807) is 0 Å². The summed E-state index contributed by atoms with van der Waals surface area (Å²) in [6.45, 7) is 6.84. The minimum Gasteiger partial charge on any atom is -0.489 e. The van der Waals surface area contributed by atoms with E-state index in [0.717, 1.165) is 25.0 Å². The fourth-order valence-corrected chi connectivity index (χ4v) is 1.80. The van der Waals surface area contributed by atoms with Crippen LogP contribution in [0, 0.1) is 0 Å². The highest BCUT2D eigenvalue weighted by Gasteiger charge is 1.99. The fourth-order valence-electron chi connectivity index (χ4n) is 1.80. The van der Waals surface area contributed by atoms with E-state index in [-0.39, 0.29) is 0 Å². The number of allylic oxidation sites excluding steroid dienone is 2. The Balaban J connectivity index is 0.000000771. The van der Waals surface area contributed by atoms with Gasteiger partial charge in [-0.3, -0.25) is 0 Å². The highest BCUT2D eigenvalue weighted by molar-refractivity contribution is 5.30. The van der Waals surface area contributed by atoms with Gasteiger partial charge in [0, 0.05) is 0 Å². The van der Waals surface area contributed by atoms with E-state index in [0.29, 0.717) is 6.61 Å². The van der Waals surface area contributed by atoms with Gasteiger partial charge in [-0.15, -0.1) is 0 Å². The average molecular weight is 244 g/mol. The Morgan fingerprint density at radius 3 is 2.67 bits per heavy atom. The lowest BCUT2D eigenvalue weighted by Gasteiger charge is -2.10. The maximum atomic E-state index is 5.77. The second-order valence-corrected chi connectivity index (χ2v) is 4.05. The van der Waals surface area contributed by atoms with Gasteiger partial charge in [-0.25, -0.2) is 0 Å². The molecule has 0 aliphatic heterocycles. The molecule has 0 atom stereocenters. The van der Waals surface area contributed by atoms with E-state index in [2.05, 4.69) is 43.4 Å². The van der Waals surface area contributed by atoms with Crippen LogP contribution >= 0.6 is 0 Å². The van der Waals surface area contributed by atoms with Gasteiger partial charge in [-0.1, -0.05) is 51.1 Å². The number of hydrogen-bond donors (Lipinski definition) is 0. The quantitative estimate of drug-likeness (QED) is 0.729. The molecule has 0 bridgehead atoms. The highest BCUT2D eigenvalue weighted by atomic mass is 16.5. The monoisotopic (exact) mass is 244 g/mol. The molecule has 1 aromatic carbocycles. The predicted octanol–water partition coefficient (Wildman–Crippen LogP) is 4.93. The summed E-state index contributed by atoms with van der Waals surface area (Å²) >= 11 is 0. The average Bonchev–Trinajstić information content (AvgIpc) is 2.48. The number of hydrogen-bond acceptors (Lipinski definition) is 1. The van der Waals surface area contributed by atoms with Crippen molar-refractivity contribution in [2.24, 2.45) is 0 Å². The van der Waals surface area contributed by atoms with Crippen LogP contribution in [0.5, 0.6) is 5.75 Å². The van der Waals surface area contributed by atoms with E-state index in [1.807, 2.05) is 19.9 Å². The van der Waals surface area contributed by atoms with E-state index in [4.69, 9.17) is 4.74 Å². The predicted molar refractivity (Wildman–Crippen MR) is 79.1 cm³/mol. The Hall–Kier alpha value is -1.50. The molecule has 1 aliphatic carbocycles. The van der Waals surface area contributed by atoms with Crippen LogP contribution in [0.3, 0.4) is 0 Å². The summed E-state index contributed by atoms with van der Waals surface area (Å²) in [7, 11) is 0. The van der Waals surface area contributed by atoms with E-state index >= 15 is 0 Å². The van der Waals surface area contributed by atoms with Crippen LogP contribution in [0.25, 0.3) is 0 Å². The lowest BCUT2D eigenvalue weighted by Crippen LogP contribution is -2.01. The summed E-state index contributed by atoms with van der Waals surface area (Å²) in [6.07, 6.45) is 9.98. The van der Waals surface area contributed by atoms with Crippen LogP contribution in [-0.2, 0) is 6.42 Å². The normalized spacial score (nSPS) is 13.4. The summed E-state index contributed by atoms with van der Waals surface area (Å²) in [5, 5.41) is 0. The minimum absolute atomic E-state index is 0.684. The van der Waals surface area contributed by atoms with Crippen molar-refractivity contribution in [2.45, 2.75) is 40.0 Å².